The van der Waals surface area contributed by atoms with E-state index in [9.17, 15) is 0 Å². The molecule has 24 heavy (non-hydrogen) atoms. The van der Waals surface area contributed by atoms with Crippen molar-refractivity contribution in [2.75, 3.05) is 6.54 Å². The number of hydrogen-bond donors (Lipinski definition) is 0. The summed E-state index contributed by atoms with van der Waals surface area (Å²) in [7, 11) is 1.95. The predicted octanol–water partition coefficient (Wildman–Crippen LogP) is 3.37. The Hall–Kier alpha value is -2.47. The van der Waals surface area contributed by atoms with Gasteiger partial charge in [-0.05, 0) is 38.4 Å². The zero-order valence-electron chi connectivity index (χ0n) is 14.0. The highest BCUT2D eigenvalue weighted by atomic mass is 16.4. The molecule has 4 rings (SSSR count). The van der Waals surface area contributed by atoms with Gasteiger partial charge in [0.25, 0.3) is 0 Å². The Bertz CT molecular complexity index is 810. The fourth-order valence-corrected chi connectivity index (χ4v) is 3.47. The minimum Gasteiger partial charge on any atom is -0.419 e. The average molecular weight is 323 g/mol. The summed E-state index contributed by atoms with van der Waals surface area (Å²) < 4.78 is 7.81. The van der Waals surface area contributed by atoms with Gasteiger partial charge in [0, 0.05) is 30.4 Å². The van der Waals surface area contributed by atoms with Crippen molar-refractivity contribution < 1.29 is 4.42 Å². The molecule has 0 amide bonds. The van der Waals surface area contributed by atoms with Crippen molar-refractivity contribution >= 4 is 0 Å². The first-order chi connectivity index (χ1) is 11.7. The maximum atomic E-state index is 5.95. The van der Waals surface area contributed by atoms with Crippen molar-refractivity contribution in [3.63, 3.8) is 0 Å². The van der Waals surface area contributed by atoms with Crippen molar-refractivity contribution in [2.45, 2.75) is 31.8 Å². The lowest BCUT2D eigenvalue weighted by atomic mass is 10.1. The van der Waals surface area contributed by atoms with Crippen LogP contribution in [0, 0.1) is 0 Å². The molecule has 6 nitrogen and oxygen atoms in total. The van der Waals surface area contributed by atoms with Crippen LogP contribution in [0.2, 0.25) is 0 Å². The zero-order valence-corrected chi connectivity index (χ0v) is 14.0. The van der Waals surface area contributed by atoms with Crippen LogP contribution >= 0.6 is 0 Å². The van der Waals surface area contributed by atoms with Crippen LogP contribution in [0.3, 0.4) is 0 Å². The van der Waals surface area contributed by atoms with Gasteiger partial charge < -0.3 is 4.42 Å². The quantitative estimate of drug-likeness (QED) is 0.737. The number of benzene rings is 1. The van der Waals surface area contributed by atoms with Gasteiger partial charge in [-0.2, -0.15) is 5.10 Å². The van der Waals surface area contributed by atoms with Crippen molar-refractivity contribution in [1.82, 2.24) is 24.9 Å². The molecule has 2 atom stereocenters. The van der Waals surface area contributed by atoms with E-state index in [0.29, 0.717) is 17.8 Å². The van der Waals surface area contributed by atoms with Gasteiger partial charge in [0.05, 0.1) is 12.2 Å². The van der Waals surface area contributed by atoms with E-state index in [-0.39, 0.29) is 6.04 Å². The predicted molar refractivity (Wildman–Crippen MR) is 90.0 cm³/mol. The molecule has 3 aromatic rings. The molecule has 3 heterocycles. The standard InChI is InChI=1S/C18H21N5O/c1-13(17-20-21-18(24-17)14-7-4-3-5-8-14)23-10-6-9-16(23)15-11-19-22(2)12-15/h3-5,7-8,11-13,16H,6,9-10H2,1-2H3/t13-,16+/m0/s1. The molecule has 1 aliphatic heterocycles. The van der Waals surface area contributed by atoms with E-state index in [0.717, 1.165) is 18.5 Å². The van der Waals surface area contributed by atoms with E-state index < -0.39 is 0 Å². The molecule has 0 radical (unpaired) electrons. The highest BCUT2D eigenvalue weighted by molar-refractivity contribution is 5.51. The Balaban J connectivity index is 1.57. The summed E-state index contributed by atoms with van der Waals surface area (Å²) in [6.45, 7) is 3.17. The number of hydrogen-bond acceptors (Lipinski definition) is 5. The second kappa shape index (κ2) is 6.20. The summed E-state index contributed by atoms with van der Waals surface area (Å²) in [6, 6.07) is 10.3. The number of nitrogens with zero attached hydrogens (tertiary/aromatic N) is 5. The molecule has 1 aliphatic rings. The van der Waals surface area contributed by atoms with Crippen molar-refractivity contribution in [1.29, 1.82) is 0 Å². The number of rotatable bonds is 4. The Labute approximate surface area is 141 Å². The molecule has 2 aromatic heterocycles. The molecule has 0 unspecified atom stereocenters. The lowest BCUT2D eigenvalue weighted by Crippen LogP contribution is -2.26. The monoisotopic (exact) mass is 323 g/mol. The fourth-order valence-electron chi connectivity index (χ4n) is 3.47. The van der Waals surface area contributed by atoms with E-state index in [2.05, 4.69) is 33.3 Å². The average Bonchev–Trinajstić information content (AvgIpc) is 3.35. The van der Waals surface area contributed by atoms with Crippen LogP contribution in [0.5, 0.6) is 0 Å². The minimum absolute atomic E-state index is 0.0858. The van der Waals surface area contributed by atoms with Gasteiger partial charge >= 0.3 is 0 Å². The van der Waals surface area contributed by atoms with Crippen LogP contribution in [0.1, 0.15) is 43.3 Å². The minimum atomic E-state index is 0.0858. The molecule has 1 aromatic carbocycles. The van der Waals surface area contributed by atoms with Gasteiger partial charge in [0.1, 0.15) is 0 Å². The Morgan fingerprint density at radius 1 is 1.21 bits per heavy atom. The van der Waals surface area contributed by atoms with Gasteiger partial charge in [-0.15, -0.1) is 10.2 Å². The normalized spacial score (nSPS) is 19.7. The first kappa shape index (κ1) is 15.1. The first-order valence-corrected chi connectivity index (χ1v) is 8.35. The number of likely N-dealkylation sites (tertiary alicyclic amines) is 1. The maximum Gasteiger partial charge on any atom is 0.247 e. The summed E-state index contributed by atoms with van der Waals surface area (Å²) in [5.41, 5.74) is 2.21. The van der Waals surface area contributed by atoms with Gasteiger partial charge in [-0.25, -0.2) is 0 Å². The van der Waals surface area contributed by atoms with E-state index in [4.69, 9.17) is 4.42 Å². The molecule has 0 spiro atoms. The van der Waals surface area contributed by atoms with E-state index >= 15 is 0 Å². The topological polar surface area (TPSA) is 60.0 Å². The Morgan fingerprint density at radius 3 is 2.79 bits per heavy atom. The van der Waals surface area contributed by atoms with Gasteiger partial charge in [0.2, 0.25) is 11.8 Å². The molecule has 0 aliphatic carbocycles. The first-order valence-electron chi connectivity index (χ1n) is 8.35. The number of aromatic nitrogens is 4. The van der Waals surface area contributed by atoms with Crippen LogP contribution < -0.4 is 0 Å². The maximum absolute atomic E-state index is 5.95. The van der Waals surface area contributed by atoms with Crippen molar-refractivity contribution in [3.05, 3.63) is 54.2 Å². The van der Waals surface area contributed by atoms with E-state index in [1.54, 1.807) is 0 Å². The summed E-state index contributed by atoms with van der Waals surface area (Å²) >= 11 is 0. The highest BCUT2D eigenvalue weighted by Crippen LogP contribution is 2.38. The molecular formula is C18H21N5O. The van der Waals surface area contributed by atoms with Crippen LogP contribution in [0.4, 0.5) is 0 Å². The summed E-state index contributed by atoms with van der Waals surface area (Å²) in [5.74, 6) is 1.25. The molecule has 6 heteroatoms. The Morgan fingerprint density at radius 2 is 2.04 bits per heavy atom. The van der Waals surface area contributed by atoms with E-state index in [1.165, 1.54) is 12.0 Å². The summed E-state index contributed by atoms with van der Waals surface area (Å²) in [6.07, 6.45) is 6.36. The third-order valence-corrected chi connectivity index (χ3v) is 4.72. The van der Waals surface area contributed by atoms with Gasteiger partial charge in [-0.3, -0.25) is 9.58 Å². The highest BCUT2D eigenvalue weighted by Gasteiger charge is 2.33. The van der Waals surface area contributed by atoms with Crippen LogP contribution in [0.25, 0.3) is 11.5 Å². The molecule has 0 N–H and O–H groups in total. The molecule has 0 bridgehead atoms. The van der Waals surface area contributed by atoms with E-state index in [1.807, 2.05) is 48.3 Å². The third kappa shape index (κ3) is 2.73. The third-order valence-electron chi connectivity index (χ3n) is 4.72. The lowest BCUT2D eigenvalue weighted by molar-refractivity contribution is 0.168. The van der Waals surface area contributed by atoms with Crippen molar-refractivity contribution in [3.8, 4) is 11.5 Å². The smallest absolute Gasteiger partial charge is 0.247 e. The molecular weight excluding hydrogens is 302 g/mol. The SMILES string of the molecule is C[C@@H](c1nnc(-c2ccccc2)o1)N1CCC[C@@H]1c1cnn(C)c1. The molecule has 124 valence electrons. The number of aryl methyl sites for hydroxylation is 1. The molecule has 1 fully saturated rings. The van der Waals surface area contributed by atoms with Crippen LogP contribution in [-0.2, 0) is 7.05 Å². The van der Waals surface area contributed by atoms with Gasteiger partial charge in [0.15, 0.2) is 0 Å². The van der Waals surface area contributed by atoms with Gasteiger partial charge in [-0.1, -0.05) is 18.2 Å². The molecule has 0 saturated carbocycles. The summed E-state index contributed by atoms with van der Waals surface area (Å²) in [4.78, 5) is 2.43. The second-order valence-corrected chi connectivity index (χ2v) is 6.33. The second-order valence-electron chi connectivity index (χ2n) is 6.33. The Kier molecular flexibility index (Phi) is 3.90. The summed E-state index contributed by atoms with van der Waals surface area (Å²) in [5, 5.41) is 12.8. The molecule has 1 saturated heterocycles. The zero-order chi connectivity index (χ0) is 16.5. The van der Waals surface area contributed by atoms with Crippen LogP contribution in [-0.4, -0.2) is 31.4 Å². The fraction of sp³-hybridized carbons (Fsp3) is 0.389. The lowest BCUT2D eigenvalue weighted by Gasteiger charge is -2.27. The van der Waals surface area contributed by atoms with Crippen LogP contribution in [0.15, 0.2) is 47.1 Å². The largest absolute Gasteiger partial charge is 0.419 e. The van der Waals surface area contributed by atoms with Crippen molar-refractivity contribution in [2.24, 2.45) is 7.05 Å².